The first-order valence-electron chi connectivity index (χ1n) is 13.7. The molecule has 9 nitrogen and oxygen atoms in total. The number of aliphatic hydroxyl groups excluding tert-OH is 1. The van der Waals surface area contributed by atoms with Gasteiger partial charge in [0, 0.05) is 5.56 Å². The maximum Gasteiger partial charge on any atom is 0.301 e. The molecular weight excluding hydrogens is 556 g/mol. The Balaban J connectivity index is 1.48. The molecule has 10 heteroatoms. The SMILES string of the molecule is COc1ccc2nc(N3C(=O)C(=O)C(=C(O)c4ccc5c(c4)OCCO5)[C@@H]3c3cccc(OCCC(C)C)c3)sc2c1. The molecule has 6 rings (SSSR count). The number of nitrogens with zero attached hydrogens (tertiary/aromatic N) is 2. The molecule has 2 aliphatic heterocycles. The van der Waals surface area contributed by atoms with Crippen molar-refractivity contribution in [2.45, 2.75) is 26.3 Å². The third-order valence-electron chi connectivity index (χ3n) is 7.19. The van der Waals surface area contributed by atoms with Crippen molar-refractivity contribution in [2.75, 3.05) is 31.8 Å². The molecule has 1 saturated heterocycles. The van der Waals surface area contributed by atoms with Crippen LogP contribution in [0.1, 0.15) is 37.4 Å². The van der Waals surface area contributed by atoms with Gasteiger partial charge < -0.3 is 24.1 Å². The Morgan fingerprint density at radius 3 is 2.64 bits per heavy atom. The number of anilines is 1. The molecular formula is C32H30N2O7S. The molecule has 0 saturated carbocycles. The highest BCUT2D eigenvalue weighted by Crippen LogP contribution is 2.46. The van der Waals surface area contributed by atoms with E-state index in [9.17, 15) is 14.7 Å². The van der Waals surface area contributed by atoms with Crippen molar-refractivity contribution < 1.29 is 33.6 Å². The first-order chi connectivity index (χ1) is 20.3. The molecule has 0 aliphatic carbocycles. The van der Waals surface area contributed by atoms with E-state index in [1.54, 1.807) is 43.5 Å². The summed E-state index contributed by atoms with van der Waals surface area (Å²) in [6, 6.07) is 16.7. The van der Waals surface area contributed by atoms with Crippen molar-refractivity contribution in [3.8, 4) is 23.0 Å². The summed E-state index contributed by atoms with van der Waals surface area (Å²) in [4.78, 5) is 33.4. The van der Waals surface area contributed by atoms with Crippen LogP contribution in [0.25, 0.3) is 16.0 Å². The second-order valence-electron chi connectivity index (χ2n) is 10.5. The molecule has 1 aromatic heterocycles. The van der Waals surface area contributed by atoms with Gasteiger partial charge in [0.2, 0.25) is 0 Å². The number of hydrogen-bond acceptors (Lipinski definition) is 9. The van der Waals surface area contributed by atoms with Crippen LogP contribution in [0.15, 0.2) is 66.2 Å². The Morgan fingerprint density at radius 1 is 1.05 bits per heavy atom. The fourth-order valence-electron chi connectivity index (χ4n) is 5.00. The highest BCUT2D eigenvalue weighted by atomic mass is 32.1. The molecule has 42 heavy (non-hydrogen) atoms. The highest BCUT2D eigenvalue weighted by Gasteiger charge is 2.48. The summed E-state index contributed by atoms with van der Waals surface area (Å²) in [5.74, 6) is 0.832. The first-order valence-corrected chi connectivity index (χ1v) is 14.5. The lowest BCUT2D eigenvalue weighted by Crippen LogP contribution is -2.29. The van der Waals surface area contributed by atoms with Crippen LogP contribution < -0.4 is 23.8 Å². The van der Waals surface area contributed by atoms with Crippen LogP contribution in [0.5, 0.6) is 23.0 Å². The van der Waals surface area contributed by atoms with E-state index >= 15 is 0 Å². The van der Waals surface area contributed by atoms with Gasteiger partial charge in [-0.25, -0.2) is 4.98 Å². The number of carbonyl (C=O) groups excluding carboxylic acids is 2. The molecule has 0 radical (unpaired) electrons. The normalized spacial score (nSPS) is 17.7. The minimum absolute atomic E-state index is 0.0483. The number of aromatic nitrogens is 1. The van der Waals surface area contributed by atoms with Gasteiger partial charge in [-0.15, -0.1) is 0 Å². The summed E-state index contributed by atoms with van der Waals surface area (Å²) in [5, 5.41) is 11.9. The summed E-state index contributed by atoms with van der Waals surface area (Å²) in [6.45, 7) is 5.57. The van der Waals surface area contributed by atoms with Crippen molar-refractivity contribution >= 4 is 44.1 Å². The number of amides is 1. The van der Waals surface area contributed by atoms with E-state index in [1.165, 1.54) is 16.2 Å². The summed E-state index contributed by atoms with van der Waals surface area (Å²) in [6.07, 6.45) is 0.877. The van der Waals surface area contributed by atoms with Crippen LogP contribution in [0.2, 0.25) is 0 Å². The van der Waals surface area contributed by atoms with Crippen LogP contribution in [-0.4, -0.2) is 48.7 Å². The Hall–Kier alpha value is -4.57. The number of aliphatic hydroxyl groups is 1. The predicted molar refractivity (Wildman–Crippen MR) is 160 cm³/mol. The molecule has 1 amide bonds. The largest absolute Gasteiger partial charge is 0.507 e. The maximum absolute atomic E-state index is 13.7. The van der Waals surface area contributed by atoms with Crippen LogP contribution in [0.4, 0.5) is 5.13 Å². The van der Waals surface area contributed by atoms with Crippen molar-refractivity contribution in [3.63, 3.8) is 0 Å². The fraction of sp³-hybridized carbons (Fsp3) is 0.281. The predicted octanol–water partition coefficient (Wildman–Crippen LogP) is 6.13. The molecule has 0 unspecified atom stereocenters. The lowest BCUT2D eigenvalue weighted by Gasteiger charge is -2.24. The number of fused-ring (bicyclic) bond motifs is 2. The molecule has 4 aromatic rings. The highest BCUT2D eigenvalue weighted by molar-refractivity contribution is 7.22. The van der Waals surface area contributed by atoms with E-state index in [-0.39, 0.29) is 11.3 Å². The molecule has 216 valence electrons. The van der Waals surface area contributed by atoms with Gasteiger partial charge in [0.1, 0.15) is 30.5 Å². The van der Waals surface area contributed by atoms with Crippen molar-refractivity contribution in [1.29, 1.82) is 0 Å². The van der Waals surface area contributed by atoms with E-state index in [4.69, 9.17) is 23.9 Å². The zero-order valence-electron chi connectivity index (χ0n) is 23.5. The Labute approximate surface area is 246 Å². The third-order valence-corrected chi connectivity index (χ3v) is 8.21. The van der Waals surface area contributed by atoms with Gasteiger partial charge in [-0.3, -0.25) is 14.5 Å². The fourth-order valence-corrected chi connectivity index (χ4v) is 6.02. The molecule has 1 atom stereocenters. The Bertz CT molecular complexity index is 1710. The lowest BCUT2D eigenvalue weighted by molar-refractivity contribution is -0.132. The molecule has 0 spiro atoms. The van der Waals surface area contributed by atoms with Crippen LogP contribution in [0, 0.1) is 5.92 Å². The summed E-state index contributed by atoms with van der Waals surface area (Å²) < 4.78 is 23.5. The zero-order valence-corrected chi connectivity index (χ0v) is 24.3. The standard InChI is InChI=1S/C32H30N2O7S/c1-18(2)11-12-39-22-6-4-5-19(15-22)28-27(29(35)20-7-10-24-25(16-20)41-14-13-40-24)30(36)31(37)34(28)32-33-23-9-8-21(38-3)17-26(23)42-32/h4-10,15-18,28,35H,11-14H2,1-3H3/t28-/m0/s1. The van der Waals surface area contributed by atoms with E-state index in [0.29, 0.717) is 70.5 Å². The summed E-state index contributed by atoms with van der Waals surface area (Å²) in [7, 11) is 1.58. The second-order valence-corrected chi connectivity index (χ2v) is 11.5. The van der Waals surface area contributed by atoms with E-state index in [1.807, 2.05) is 24.3 Å². The maximum atomic E-state index is 13.7. The smallest absolute Gasteiger partial charge is 0.301 e. The van der Waals surface area contributed by atoms with Gasteiger partial charge in [0.05, 0.1) is 35.5 Å². The molecule has 3 aromatic carbocycles. The van der Waals surface area contributed by atoms with E-state index in [2.05, 4.69) is 13.8 Å². The molecule has 3 heterocycles. The first kappa shape index (κ1) is 27.6. The summed E-state index contributed by atoms with van der Waals surface area (Å²) >= 11 is 1.27. The average Bonchev–Trinajstić information content (AvgIpc) is 3.53. The van der Waals surface area contributed by atoms with Gasteiger partial charge in [0.15, 0.2) is 16.6 Å². The minimum Gasteiger partial charge on any atom is -0.507 e. The number of rotatable bonds is 8. The topological polar surface area (TPSA) is 107 Å². The van der Waals surface area contributed by atoms with Gasteiger partial charge in [0.25, 0.3) is 5.78 Å². The van der Waals surface area contributed by atoms with Gasteiger partial charge in [-0.1, -0.05) is 37.3 Å². The van der Waals surface area contributed by atoms with Crippen LogP contribution in [0.3, 0.4) is 0 Å². The monoisotopic (exact) mass is 586 g/mol. The number of methoxy groups -OCH3 is 1. The van der Waals surface area contributed by atoms with Gasteiger partial charge in [-0.2, -0.15) is 0 Å². The van der Waals surface area contributed by atoms with E-state index in [0.717, 1.165) is 11.1 Å². The molecule has 1 N–H and O–H groups in total. The van der Waals surface area contributed by atoms with Crippen LogP contribution in [-0.2, 0) is 9.59 Å². The molecule has 2 aliphatic rings. The van der Waals surface area contributed by atoms with Gasteiger partial charge >= 0.3 is 5.91 Å². The van der Waals surface area contributed by atoms with Crippen molar-refractivity contribution in [3.05, 3.63) is 77.4 Å². The Morgan fingerprint density at radius 2 is 1.86 bits per heavy atom. The zero-order chi connectivity index (χ0) is 29.4. The Kier molecular flexibility index (Phi) is 7.47. The number of Topliss-reactive ketones (excluding diaryl/α,β-unsaturated/α-hetero) is 1. The second kappa shape index (κ2) is 11.4. The van der Waals surface area contributed by atoms with Gasteiger partial charge in [-0.05, 0) is 66.4 Å². The third kappa shape index (κ3) is 5.14. The minimum atomic E-state index is -0.950. The quantitative estimate of drug-likeness (QED) is 0.149. The molecule has 1 fully saturated rings. The number of ketones is 1. The molecule has 0 bridgehead atoms. The van der Waals surface area contributed by atoms with Crippen LogP contribution >= 0.6 is 11.3 Å². The van der Waals surface area contributed by atoms with E-state index < -0.39 is 17.7 Å². The number of carbonyl (C=O) groups is 2. The number of thiazole rings is 1. The average molecular weight is 587 g/mol. The summed E-state index contributed by atoms with van der Waals surface area (Å²) in [5.41, 5.74) is 1.55. The number of hydrogen-bond donors (Lipinski definition) is 1. The number of benzene rings is 3. The lowest BCUT2D eigenvalue weighted by atomic mass is 9.95. The number of ether oxygens (including phenoxy) is 4. The van der Waals surface area contributed by atoms with Crippen molar-refractivity contribution in [1.82, 2.24) is 4.98 Å². The van der Waals surface area contributed by atoms with Crippen molar-refractivity contribution in [2.24, 2.45) is 5.92 Å².